The second-order valence-corrected chi connectivity index (χ2v) is 10.3. The first-order valence-electron chi connectivity index (χ1n) is 10.7. The van der Waals surface area contributed by atoms with Crippen LogP contribution in [0.2, 0.25) is 0 Å². The molecular weight excluding hydrogens is 424 g/mol. The van der Waals surface area contributed by atoms with Gasteiger partial charge in [0.15, 0.2) is 0 Å². The molecule has 1 fully saturated rings. The van der Waals surface area contributed by atoms with E-state index >= 15 is 0 Å². The zero-order valence-electron chi connectivity index (χ0n) is 18.9. The first-order valence-corrected chi connectivity index (χ1v) is 12.1. The third kappa shape index (κ3) is 4.20. The smallest absolute Gasteiger partial charge is 0.253 e. The van der Waals surface area contributed by atoms with E-state index in [9.17, 15) is 13.2 Å². The van der Waals surface area contributed by atoms with Crippen LogP contribution in [0.4, 0.5) is 0 Å². The molecule has 0 unspecified atom stereocenters. The molecule has 1 amide bonds. The Morgan fingerprint density at radius 2 is 1.53 bits per heavy atom. The van der Waals surface area contributed by atoms with Crippen molar-refractivity contribution in [3.8, 4) is 5.69 Å². The highest BCUT2D eigenvalue weighted by Crippen LogP contribution is 2.23. The number of hydrogen-bond donors (Lipinski definition) is 0. The number of piperazine rings is 1. The predicted octanol–water partition coefficient (Wildman–Crippen LogP) is 3.25. The van der Waals surface area contributed by atoms with Gasteiger partial charge in [0.05, 0.1) is 16.3 Å². The van der Waals surface area contributed by atoms with Gasteiger partial charge in [-0.25, -0.2) is 13.1 Å². The van der Waals surface area contributed by atoms with Gasteiger partial charge in [0.1, 0.15) is 0 Å². The first kappa shape index (κ1) is 22.2. The van der Waals surface area contributed by atoms with Gasteiger partial charge >= 0.3 is 0 Å². The van der Waals surface area contributed by atoms with Crippen molar-refractivity contribution in [1.82, 2.24) is 19.0 Å². The van der Waals surface area contributed by atoms with Gasteiger partial charge in [-0.05, 0) is 75.2 Å². The zero-order chi connectivity index (χ0) is 23.0. The number of carbonyl (C=O) groups excluding carboxylic acids is 1. The van der Waals surface area contributed by atoms with Crippen molar-refractivity contribution in [3.63, 3.8) is 0 Å². The van der Waals surface area contributed by atoms with Crippen LogP contribution in [0.25, 0.3) is 5.69 Å². The highest BCUT2D eigenvalue weighted by atomic mass is 32.2. The molecule has 0 atom stereocenters. The number of aryl methyl sites for hydroxylation is 4. The molecule has 1 aliphatic heterocycles. The Morgan fingerprint density at radius 1 is 0.875 bits per heavy atom. The summed E-state index contributed by atoms with van der Waals surface area (Å²) in [6, 6.07) is 14.8. The Balaban J connectivity index is 1.44. The second-order valence-electron chi connectivity index (χ2n) is 8.35. The fourth-order valence-electron chi connectivity index (χ4n) is 4.07. The summed E-state index contributed by atoms with van der Waals surface area (Å²) in [4.78, 5) is 15.0. The van der Waals surface area contributed by atoms with E-state index in [1.165, 1.54) is 4.31 Å². The van der Waals surface area contributed by atoms with Crippen LogP contribution in [0.1, 0.15) is 32.9 Å². The summed E-state index contributed by atoms with van der Waals surface area (Å²) in [5, 5.41) is 4.47. The molecule has 2 heterocycles. The van der Waals surface area contributed by atoms with E-state index < -0.39 is 10.0 Å². The molecule has 0 aliphatic carbocycles. The van der Waals surface area contributed by atoms with Gasteiger partial charge in [-0.2, -0.15) is 9.40 Å². The Bertz CT molecular complexity index is 1250. The lowest BCUT2D eigenvalue weighted by Crippen LogP contribution is -2.50. The van der Waals surface area contributed by atoms with Crippen LogP contribution in [0.15, 0.2) is 53.4 Å². The topological polar surface area (TPSA) is 75.5 Å². The number of rotatable bonds is 4. The maximum Gasteiger partial charge on any atom is 0.253 e. The molecule has 0 radical (unpaired) electrons. The van der Waals surface area contributed by atoms with Crippen LogP contribution in [-0.2, 0) is 10.0 Å². The van der Waals surface area contributed by atoms with Gasteiger partial charge < -0.3 is 4.90 Å². The minimum atomic E-state index is -3.58. The van der Waals surface area contributed by atoms with Crippen LogP contribution in [0.3, 0.4) is 0 Å². The molecule has 1 saturated heterocycles. The molecule has 1 aliphatic rings. The Kier molecular flexibility index (Phi) is 5.92. The lowest BCUT2D eigenvalue weighted by atomic mass is 10.1. The van der Waals surface area contributed by atoms with E-state index in [2.05, 4.69) is 5.10 Å². The predicted molar refractivity (Wildman–Crippen MR) is 124 cm³/mol. The van der Waals surface area contributed by atoms with Crippen molar-refractivity contribution in [2.75, 3.05) is 26.2 Å². The summed E-state index contributed by atoms with van der Waals surface area (Å²) in [5.41, 5.74) is 5.10. The molecule has 0 bridgehead atoms. The van der Waals surface area contributed by atoms with E-state index in [0.717, 1.165) is 28.2 Å². The zero-order valence-corrected chi connectivity index (χ0v) is 19.7. The molecular formula is C24H28N4O3S. The molecule has 1 aromatic heterocycles. The lowest BCUT2D eigenvalue weighted by molar-refractivity contribution is 0.0698. The van der Waals surface area contributed by atoms with Crippen LogP contribution in [-0.4, -0.2) is 59.5 Å². The molecule has 3 aromatic rings. The second kappa shape index (κ2) is 8.52. The maximum atomic E-state index is 13.1. The third-order valence-electron chi connectivity index (χ3n) is 5.86. The van der Waals surface area contributed by atoms with E-state index in [1.54, 1.807) is 23.1 Å². The third-order valence-corrected chi connectivity index (χ3v) is 7.90. The fourth-order valence-corrected chi connectivity index (χ4v) is 5.81. The van der Waals surface area contributed by atoms with E-state index in [4.69, 9.17) is 0 Å². The van der Waals surface area contributed by atoms with Crippen LogP contribution in [0, 0.1) is 27.7 Å². The summed E-state index contributed by atoms with van der Waals surface area (Å²) in [6.45, 7) is 8.92. The Hall–Kier alpha value is -2.97. The molecule has 168 valence electrons. The molecule has 4 rings (SSSR count). The quantitative estimate of drug-likeness (QED) is 0.609. The van der Waals surface area contributed by atoms with Gasteiger partial charge in [-0.3, -0.25) is 4.79 Å². The van der Waals surface area contributed by atoms with Crippen molar-refractivity contribution in [2.24, 2.45) is 0 Å². The van der Waals surface area contributed by atoms with Crippen molar-refractivity contribution in [2.45, 2.75) is 32.6 Å². The highest BCUT2D eigenvalue weighted by molar-refractivity contribution is 7.89. The number of amides is 1. The molecule has 8 heteroatoms. The lowest BCUT2D eigenvalue weighted by Gasteiger charge is -2.34. The monoisotopic (exact) mass is 452 g/mol. The van der Waals surface area contributed by atoms with Gasteiger partial charge in [-0.15, -0.1) is 0 Å². The number of nitrogens with zero attached hydrogens (tertiary/aromatic N) is 4. The Morgan fingerprint density at radius 3 is 2.12 bits per heavy atom. The summed E-state index contributed by atoms with van der Waals surface area (Å²) in [5.74, 6) is -0.0892. The summed E-state index contributed by atoms with van der Waals surface area (Å²) in [6.07, 6.45) is 0. The van der Waals surface area contributed by atoms with Gasteiger partial charge in [0.25, 0.3) is 5.91 Å². The average Bonchev–Trinajstić information content (AvgIpc) is 3.13. The molecule has 32 heavy (non-hydrogen) atoms. The van der Waals surface area contributed by atoms with E-state index in [1.807, 2.05) is 62.7 Å². The van der Waals surface area contributed by atoms with Gasteiger partial charge in [0.2, 0.25) is 10.0 Å². The molecule has 0 spiro atoms. The summed E-state index contributed by atoms with van der Waals surface area (Å²) < 4.78 is 29.6. The van der Waals surface area contributed by atoms with Crippen LogP contribution >= 0.6 is 0 Å². The minimum absolute atomic E-state index is 0.0892. The molecule has 2 aromatic carbocycles. The molecule has 0 saturated carbocycles. The Labute approximate surface area is 189 Å². The van der Waals surface area contributed by atoms with Crippen LogP contribution < -0.4 is 0 Å². The minimum Gasteiger partial charge on any atom is -0.336 e. The molecule has 7 nitrogen and oxygen atoms in total. The average molecular weight is 453 g/mol. The van der Waals surface area contributed by atoms with Crippen molar-refractivity contribution < 1.29 is 13.2 Å². The van der Waals surface area contributed by atoms with Crippen molar-refractivity contribution in [1.29, 1.82) is 0 Å². The fraction of sp³-hybridized carbons (Fsp3) is 0.333. The summed E-state index contributed by atoms with van der Waals surface area (Å²) in [7, 11) is -3.58. The standard InChI is InChI=1S/C24H28N4O3S/c1-17-5-6-18(2)23(15-17)32(30,31)27-13-11-26(12-14-27)24(29)21-7-9-22(10-8-21)28-20(4)16-19(3)25-28/h5-10,15-16H,11-14H2,1-4H3. The maximum absolute atomic E-state index is 13.1. The SMILES string of the molecule is Cc1ccc(C)c(S(=O)(=O)N2CCN(C(=O)c3ccc(-n4nc(C)cc4C)cc3)CC2)c1. The van der Waals surface area contributed by atoms with Gasteiger partial charge in [-0.1, -0.05) is 12.1 Å². The van der Waals surface area contributed by atoms with Gasteiger partial charge in [0, 0.05) is 37.4 Å². The number of benzene rings is 2. The van der Waals surface area contributed by atoms with Crippen LogP contribution in [0.5, 0.6) is 0 Å². The largest absolute Gasteiger partial charge is 0.336 e. The summed E-state index contributed by atoms with van der Waals surface area (Å²) >= 11 is 0. The van der Waals surface area contributed by atoms with E-state index in [-0.39, 0.29) is 19.0 Å². The van der Waals surface area contributed by atoms with Crippen molar-refractivity contribution >= 4 is 15.9 Å². The first-order chi connectivity index (χ1) is 15.2. The number of carbonyl (C=O) groups is 1. The normalized spacial score (nSPS) is 15.2. The molecule has 0 N–H and O–H groups in total. The van der Waals surface area contributed by atoms with E-state index in [0.29, 0.717) is 23.5 Å². The number of sulfonamides is 1. The highest BCUT2D eigenvalue weighted by Gasteiger charge is 2.31. The van der Waals surface area contributed by atoms with Crippen molar-refractivity contribution in [3.05, 3.63) is 76.6 Å². The number of hydrogen-bond acceptors (Lipinski definition) is 4. The number of aromatic nitrogens is 2.